The number of methoxy groups -OCH3 is 1. The molecular weight excluding hydrogens is 354 g/mol. The van der Waals surface area contributed by atoms with Gasteiger partial charge in [0.15, 0.2) is 0 Å². The predicted octanol–water partition coefficient (Wildman–Crippen LogP) is 3.35. The molecule has 0 bridgehead atoms. The smallest absolute Gasteiger partial charge is 0.295 e. The standard InChI is InChI=1S/C17H15N5O3S/c1-9-7-15(19-16(23)13-6-10(2)21-25-13)22(20-9)17-18-12-8-11(24-3)4-5-14(12)26-17/h4-8H,1-3H3,(H,19,23). The first kappa shape index (κ1) is 16.3. The molecule has 4 rings (SSSR count). The van der Waals surface area contributed by atoms with Gasteiger partial charge in [-0.1, -0.05) is 16.5 Å². The first-order valence-electron chi connectivity index (χ1n) is 7.80. The molecule has 3 aromatic heterocycles. The Morgan fingerprint density at radius 3 is 2.81 bits per heavy atom. The van der Waals surface area contributed by atoms with E-state index in [0.717, 1.165) is 21.7 Å². The third-order valence-electron chi connectivity index (χ3n) is 3.69. The van der Waals surface area contributed by atoms with Crippen molar-refractivity contribution in [3.63, 3.8) is 0 Å². The van der Waals surface area contributed by atoms with Crippen molar-refractivity contribution in [3.8, 4) is 10.9 Å². The van der Waals surface area contributed by atoms with E-state index < -0.39 is 5.91 Å². The van der Waals surface area contributed by atoms with E-state index in [1.54, 1.807) is 30.8 Å². The molecule has 0 aliphatic carbocycles. The van der Waals surface area contributed by atoms with Crippen LogP contribution in [0.15, 0.2) is 34.9 Å². The van der Waals surface area contributed by atoms with Crippen LogP contribution in [-0.2, 0) is 0 Å². The molecule has 0 unspecified atom stereocenters. The second kappa shape index (κ2) is 6.26. The lowest BCUT2D eigenvalue weighted by molar-refractivity contribution is 0.0987. The average molecular weight is 369 g/mol. The number of carbonyl (C=O) groups excluding carboxylic acids is 1. The third kappa shape index (κ3) is 2.93. The maximum atomic E-state index is 12.4. The number of thiazole rings is 1. The van der Waals surface area contributed by atoms with Crippen molar-refractivity contribution in [2.24, 2.45) is 0 Å². The Bertz CT molecular complexity index is 1110. The van der Waals surface area contributed by atoms with E-state index in [9.17, 15) is 4.79 Å². The minimum Gasteiger partial charge on any atom is -0.497 e. The van der Waals surface area contributed by atoms with Crippen molar-refractivity contribution in [2.45, 2.75) is 13.8 Å². The fourth-order valence-electron chi connectivity index (χ4n) is 2.50. The van der Waals surface area contributed by atoms with Gasteiger partial charge in [-0.15, -0.1) is 0 Å². The number of anilines is 1. The molecule has 132 valence electrons. The molecule has 0 atom stereocenters. The van der Waals surface area contributed by atoms with Crippen molar-refractivity contribution in [1.29, 1.82) is 0 Å². The highest BCUT2D eigenvalue weighted by atomic mass is 32.1. The summed E-state index contributed by atoms with van der Waals surface area (Å²) in [5, 5.41) is 11.6. The van der Waals surface area contributed by atoms with Gasteiger partial charge >= 0.3 is 0 Å². The van der Waals surface area contributed by atoms with Crippen LogP contribution in [0.25, 0.3) is 15.3 Å². The number of fused-ring (bicyclic) bond motifs is 1. The lowest BCUT2D eigenvalue weighted by Gasteiger charge is -2.04. The zero-order chi connectivity index (χ0) is 18.3. The fourth-order valence-corrected chi connectivity index (χ4v) is 3.41. The van der Waals surface area contributed by atoms with Crippen LogP contribution in [0.2, 0.25) is 0 Å². The molecule has 0 saturated heterocycles. The number of carbonyl (C=O) groups is 1. The average Bonchev–Trinajstić information content (AvgIpc) is 3.32. The minimum absolute atomic E-state index is 0.141. The SMILES string of the molecule is COc1ccc2sc(-n3nc(C)cc3NC(=O)c3cc(C)no3)nc2c1. The van der Waals surface area contributed by atoms with E-state index in [1.807, 2.05) is 25.1 Å². The number of ether oxygens (including phenoxy) is 1. The molecule has 1 amide bonds. The highest BCUT2D eigenvalue weighted by Crippen LogP contribution is 2.29. The van der Waals surface area contributed by atoms with E-state index in [1.165, 1.54) is 11.3 Å². The molecule has 1 aromatic carbocycles. The Balaban J connectivity index is 1.70. The lowest BCUT2D eigenvalue weighted by Crippen LogP contribution is -2.14. The molecule has 0 saturated carbocycles. The number of aryl methyl sites for hydroxylation is 2. The Morgan fingerprint density at radius 1 is 1.23 bits per heavy atom. The molecule has 0 spiro atoms. The third-order valence-corrected chi connectivity index (χ3v) is 4.70. The fraction of sp³-hybridized carbons (Fsp3) is 0.176. The van der Waals surface area contributed by atoms with Crippen LogP contribution in [0.1, 0.15) is 21.9 Å². The predicted molar refractivity (Wildman–Crippen MR) is 97.2 cm³/mol. The summed E-state index contributed by atoms with van der Waals surface area (Å²) in [7, 11) is 1.62. The number of benzene rings is 1. The van der Waals surface area contributed by atoms with Crippen molar-refractivity contribution < 1.29 is 14.1 Å². The van der Waals surface area contributed by atoms with Crippen molar-refractivity contribution in [1.82, 2.24) is 19.9 Å². The van der Waals surface area contributed by atoms with E-state index in [4.69, 9.17) is 9.26 Å². The summed E-state index contributed by atoms with van der Waals surface area (Å²) in [4.78, 5) is 17.0. The largest absolute Gasteiger partial charge is 0.497 e. The van der Waals surface area contributed by atoms with Crippen LogP contribution in [0, 0.1) is 13.8 Å². The molecule has 0 fully saturated rings. The van der Waals surface area contributed by atoms with Gasteiger partial charge in [0.05, 0.1) is 28.7 Å². The molecule has 1 N–H and O–H groups in total. The van der Waals surface area contributed by atoms with Gasteiger partial charge in [0, 0.05) is 18.2 Å². The summed E-state index contributed by atoms with van der Waals surface area (Å²) in [5.74, 6) is 0.990. The van der Waals surface area contributed by atoms with E-state index in [0.29, 0.717) is 16.6 Å². The summed E-state index contributed by atoms with van der Waals surface area (Å²) in [5.41, 5.74) is 2.20. The van der Waals surface area contributed by atoms with Crippen LogP contribution < -0.4 is 10.1 Å². The van der Waals surface area contributed by atoms with Crippen molar-refractivity contribution in [2.75, 3.05) is 12.4 Å². The van der Waals surface area contributed by atoms with Gasteiger partial charge in [0.2, 0.25) is 10.9 Å². The van der Waals surface area contributed by atoms with Crippen LogP contribution in [-0.4, -0.2) is 32.9 Å². The molecule has 0 aliphatic rings. The number of rotatable bonds is 4. The Kier molecular flexibility index (Phi) is 3.92. The lowest BCUT2D eigenvalue weighted by atomic mass is 10.3. The van der Waals surface area contributed by atoms with Crippen molar-refractivity contribution >= 4 is 33.3 Å². The summed E-state index contributed by atoms with van der Waals surface area (Å²) < 4.78 is 12.8. The monoisotopic (exact) mass is 369 g/mol. The Labute approximate surface area is 152 Å². The van der Waals surface area contributed by atoms with Gasteiger partial charge in [-0.2, -0.15) is 9.78 Å². The molecule has 8 nitrogen and oxygen atoms in total. The van der Waals surface area contributed by atoms with Crippen LogP contribution in [0.3, 0.4) is 0 Å². The van der Waals surface area contributed by atoms with E-state index >= 15 is 0 Å². The Hall–Kier alpha value is -3.20. The van der Waals surface area contributed by atoms with Crippen LogP contribution in [0.4, 0.5) is 5.82 Å². The number of hydrogen-bond donors (Lipinski definition) is 1. The normalized spacial score (nSPS) is 11.0. The van der Waals surface area contributed by atoms with E-state index in [-0.39, 0.29) is 5.76 Å². The first-order chi connectivity index (χ1) is 12.5. The van der Waals surface area contributed by atoms with Crippen molar-refractivity contribution in [3.05, 3.63) is 47.5 Å². The van der Waals surface area contributed by atoms with Crippen LogP contribution in [0.5, 0.6) is 5.75 Å². The second-order valence-corrected chi connectivity index (χ2v) is 6.71. The molecule has 26 heavy (non-hydrogen) atoms. The van der Waals surface area contributed by atoms with Crippen LogP contribution >= 0.6 is 11.3 Å². The number of aromatic nitrogens is 4. The molecule has 4 aromatic rings. The summed E-state index contributed by atoms with van der Waals surface area (Å²) in [6.45, 7) is 3.60. The topological polar surface area (TPSA) is 95.1 Å². The maximum absolute atomic E-state index is 12.4. The molecular formula is C17H15N5O3S. The van der Waals surface area contributed by atoms with Gasteiger partial charge in [0.1, 0.15) is 11.6 Å². The number of amides is 1. The highest BCUT2D eigenvalue weighted by molar-refractivity contribution is 7.20. The van der Waals surface area contributed by atoms with Gasteiger partial charge in [-0.25, -0.2) is 4.98 Å². The van der Waals surface area contributed by atoms with Gasteiger partial charge < -0.3 is 14.6 Å². The summed E-state index contributed by atoms with van der Waals surface area (Å²) in [6, 6.07) is 9.04. The summed E-state index contributed by atoms with van der Waals surface area (Å²) in [6.07, 6.45) is 0. The molecule has 0 radical (unpaired) electrons. The minimum atomic E-state index is -0.394. The number of nitrogens with zero attached hydrogens (tertiary/aromatic N) is 4. The molecule has 0 aliphatic heterocycles. The maximum Gasteiger partial charge on any atom is 0.295 e. The highest BCUT2D eigenvalue weighted by Gasteiger charge is 2.18. The zero-order valence-electron chi connectivity index (χ0n) is 14.3. The van der Waals surface area contributed by atoms with E-state index in [2.05, 4.69) is 20.6 Å². The summed E-state index contributed by atoms with van der Waals surface area (Å²) >= 11 is 1.47. The van der Waals surface area contributed by atoms with Gasteiger partial charge in [-0.3, -0.25) is 4.79 Å². The van der Waals surface area contributed by atoms with Gasteiger partial charge in [0.25, 0.3) is 5.91 Å². The quantitative estimate of drug-likeness (QED) is 0.593. The molecule has 3 heterocycles. The Morgan fingerprint density at radius 2 is 2.08 bits per heavy atom. The van der Waals surface area contributed by atoms with Gasteiger partial charge in [-0.05, 0) is 26.0 Å². The first-order valence-corrected chi connectivity index (χ1v) is 8.61. The number of hydrogen-bond acceptors (Lipinski definition) is 7. The molecule has 9 heteroatoms. The second-order valence-electron chi connectivity index (χ2n) is 5.70. The number of nitrogens with one attached hydrogen (secondary N) is 1. The zero-order valence-corrected chi connectivity index (χ0v) is 15.1.